The number of allylic oxidation sites excluding steroid dienone is 6. The van der Waals surface area contributed by atoms with Crippen molar-refractivity contribution in [2.45, 2.75) is 13.8 Å². The Morgan fingerprint density at radius 1 is 0.484 bits per heavy atom. The number of hydrogen-bond acceptors (Lipinski definition) is 1. The van der Waals surface area contributed by atoms with Gasteiger partial charge in [-0.1, -0.05) is 84.9 Å². The first-order valence-electron chi connectivity index (χ1n) is 21.1. The number of hydrogen-bond donors (Lipinski definition) is 0. The summed E-state index contributed by atoms with van der Waals surface area (Å²) in [6.07, 6.45) is 13.3. The maximum atomic E-state index is 6.05. The van der Waals surface area contributed by atoms with Crippen LogP contribution in [-0.4, -0.2) is 13.2 Å². The van der Waals surface area contributed by atoms with Gasteiger partial charge in [-0.25, -0.2) is 0 Å². The Morgan fingerprint density at radius 3 is 1.27 bits per heavy atom. The van der Waals surface area contributed by atoms with E-state index >= 15 is 0 Å². The average Bonchev–Trinajstić information content (AvgIpc) is 3.80. The van der Waals surface area contributed by atoms with Gasteiger partial charge in [0.15, 0.2) is 0 Å². The molecule has 0 aromatic heterocycles. The van der Waals surface area contributed by atoms with Gasteiger partial charge in [0.2, 0.25) is 0 Å². The van der Waals surface area contributed by atoms with Crippen molar-refractivity contribution in [3.63, 3.8) is 0 Å². The van der Waals surface area contributed by atoms with Gasteiger partial charge in [0, 0.05) is 0 Å². The molecule has 62 heavy (non-hydrogen) atoms. The average molecular weight is 995 g/mol. The molecule has 1 fully saturated rings. The number of benzene rings is 7. The van der Waals surface area contributed by atoms with Gasteiger partial charge in [0.1, 0.15) is 0 Å². The van der Waals surface area contributed by atoms with Crippen molar-refractivity contribution in [1.82, 2.24) is 0 Å². The van der Waals surface area contributed by atoms with E-state index in [0.717, 1.165) is 16.7 Å². The van der Waals surface area contributed by atoms with Gasteiger partial charge in [0.25, 0.3) is 0 Å². The molecule has 303 valence electrons. The Morgan fingerprint density at radius 2 is 0.871 bits per heavy atom. The van der Waals surface area contributed by atoms with Crippen molar-refractivity contribution >= 4 is 46.5 Å². The summed E-state index contributed by atoms with van der Waals surface area (Å²) in [5.41, 5.74) is 12.9. The molecule has 7 aromatic carbocycles. The fraction of sp³-hybridized carbons (Fsp3) is 0.0678. The van der Waals surface area contributed by atoms with Gasteiger partial charge in [-0.05, 0) is 12.5 Å². The molecule has 0 radical (unpaired) electrons. The molecule has 1 saturated heterocycles. The summed E-state index contributed by atoms with van der Waals surface area (Å²) in [6.45, 7) is 5.36. The third kappa shape index (κ3) is 9.18. The molecule has 0 spiro atoms. The second-order valence-corrected chi connectivity index (χ2v) is 19.1. The minimum atomic E-state index is -2.45. The molecule has 8 rings (SSSR count). The van der Waals surface area contributed by atoms with E-state index in [4.69, 9.17) is 4.74 Å². The van der Waals surface area contributed by atoms with E-state index in [0.29, 0.717) is 13.2 Å². The predicted molar refractivity (Wildman–Crippen MR) is 263 cm³/mol. The summed E-state index contributed by atoms with van der Waals surface area (Å²) in [4.78, 5) is 0. The summed E-state index contributed by atoms with van der Waals surface area (Å²) >= 11 is 1.82. The number of ether oxygens (including phenoxy) is 1. The van der Waals surface area contributed by atoms with Gasteiger partial charge < -0.3 is 0 Å². The Balaban J connectivity index is 1.32. The molecule has 7 aromatic rings. The van der Waals surface area contributed by atoms with Gasteiger partial charge in [-0.2, -0.15) is 0 Å². The summed E-state index contributed by atoms with van der Waals surface area (Å²) in [5, 5.41) is 5.07. The van der Waals surface area contributed by atoms with E-state index in [1.54, 1.807) is 0 Å². The van der Waals surface area contributed by atoms with Crippen LogP contribution >= 0.6 is 7.26 Å². The standard InChI is InChI=1S/C59H49OP.Os/c1-4-21-46-32-37-51(38-33-46)58(49-22-11-6-12-23-49)59(50-24-13-7-14-25-50)52-39-34-47(35-40-52)36-41-53(42-54-44-60-43-48(54)5-2)45(3)61(55-26-15-8-16-27-55,56-28-17-9-18-29-56)57-30-19-10-20-31-57;/h4-42H,43-44H2,1-2H3;/q+1;/b21-4+,41-36+,48-5?,53-45?,54-42?,59-58+;. The van der Waals surface area contributed by atoms with Gasteiger partial charge in [-0.15, -0.1) is 0 Å². The third-order valence-corrected chi connectivity index (χ3v) is 16.7. The first kappa shape index (κ1) is 42.5. The SMILES string of the molecule is CC=C1COCC1=CC(/C=C/c1ccc(/C(=C(\c2ccccc2)c2ccc(/C=C/C)cc2)c2ccccc2)cc1)=C([C]#[Os])[P+](c1ccccc1)(c1ccccc1)c1ccccc1. The molecular weight excluding hydrogens is 946 g/mol. The van der Waals surface area contributed by atoms with Crippen LogP contribution in [0.15, 0.2) is 247 Å². The van der Waals surface area contributed by atoms with E-state index < -0.39 is 7.26 Å². The van der Waals surface area contributed by atoms with E-state index in [1.807, 2.05) is 17.9 Å². The zero-order valence-electron chi connectivity index (χ0n) is 35.1. The van der Waals surface area contributed by atoms with Gasteiger partial charge >= 0.3 is 283 Å². The summed E-state index contributed by atoms with van der Waals surface area (Å²) < 4.78 is 9.92. The Bertz CT molecular complexity index is 2730. The third-order valence-electron chi connectivity index (χ3n) is 11.3. The van der Waals surface area contributed by atoms with Gasteiger partial charge in [-0.3, -0.25) is 0 Å². The molecule has 0 saturated carbocycles. The zero-order valence-corrected chi connectivity index (χ0v) is 38.6. The topological polar surface area (TPSA) is 9.23 Å². The van der Waals surface area contributed by atoms with Crippen LogP contribution in [0.4, 0.5) is 0 Å². The molecule has 1 aliphatic heterocycles. The Kier molecular flexibility index (Phi) is 14.1. The maximum absolute atomic E-state index is 6.05. The molecule has 0 bridgehead atoms. The molecule has 3 heteroatoms. The Hall–Kier alpha value is -6.21. The molecule has 0 unspecified atom stereocenters. The quantitative estimate of drug-likeness (QED) is 0.0673. The molecule has 1 nitrogen and oxygen atoms in total. The molecular formula is C59H49OOsP+. The minimum absolute atomic E-state index is 0.578. The Labute approximate surface area is 378 Å². The van der Waals surface area contributed by atoms with Crippen molar-refractivity contribution in [1.29, 1.82) is 0 Å². The first-order valence-corrected chi connectivity index (χ1v) is 24.2. The summed E-state index contributed by atoms with van der Waals surface area (Å²) in [7, 11) is -2.45. The molecule has 1 aliphatic rings. The van der Waals surface area contributed by atoms with Crippen molar-refractivity contribution in [3.8, 4) is 4.37 Å². The molecule has 0 atom stereocenters. The first-order chi connectivity index (χ1) is 30.6. The summed E-state index contributed by atoms with van der Waals surface area (Å²) in [5.74, 6) is 0. The second kappa shape index (κ2) is 20.6. The fourth-order valence-corrected chi connectivity index (χ4v) is 14.2. The van der Waals surface area contributed by atoms with Crippen molar-refractivity contribution in [2.24, 2.45) is 0 Å². The van der Waals surface area contributed by atoms with E-state index in [2.05, 4.69) is 255 Å². The van der Waals surface area contributed by atoms with Crippen LogP contribution in [0.3, 0.4) is 0 Å². The predicted octanol–water partition coefficient (Wildman–Crippen LogP) is 13.4. The van der Waals surface area contributed by atoms with Crippen LogP contribution in [-0.2, 0) is 22.7 Å². The summed E-state index contributed by atoms with van der Waals surface area (Å²) in [6, 6.07) is 72.7. The van der Waals surface area contributed by atoms with Gasteiger partial charge in [0.05, 0.1) is 0 Å². The van der Waals surface area contributed by atoms with Crippen LogP contribution < -0.4 is 15.9 Å². The molecule has 0 amide bonds. The second-order valence-electron chi connectivity index (χ2n) is 15.1. The van der Waals surface area contributed by atoms with Crippen LogP contribution in [0.5, 0.6) is 0 Å². The van der Waals surface area contributed by atoms with Crippen molar-refractivity contribution < 1.29 is 22.7 Å². The monoisotopic (exact) mass is 996 g/mol. The normalized spacial score (nSPS) is 15.2. The van der Waals surface area contributed by atoms with Crippen LogP contribution in [0.1, 0.15) is 47.2 Å². The molecule has 0 aliphatic carbocycles. The molecule has 1 heterocycles. The van der Waals surface area contributed by atoms with Crippen LogP contribution in [0.2, 0.25) is 0 Å². The van der Waals surface area contributed by atoms with Crippen molar-refractivity contribution in [2.75, 3.05) is 13.2 Å². The van der Waals surface area contributed by atoms with Crippen LogP contribution in [0, 0.1) is 4.37 Å². The van der Waals surface area contributed by atoms with Crippen LogP contribution in [0.25, 0.3) is 23.3 Å². The molecule has 0 N–H and O–H groups in total. The zero-order chi connectivity index (χ0) is 42.6. The van der Waals surface area contributed by atoms with E-state index in [-0.39, 0.29) is 0 Å². The number of rotatable bonds is 12. The fourth-order valence-electron chi connectivity index (χ4n) is 8.36. The van der Waals surface area contributed by atoms with Crippen molar-refractivity contribution in [3.05, 3.63) is 280 Å². The van der Waals surface area contributed by atoms with E-state index in [9.17, 15) is 0 Å². The van der Waals surface area contributed by atoms with E-state index in [1.165, 1.54) is 65.8 Å².